The largest absolute Gasteiger partial charge is 0.481 e. The van der Waals surface area contributed by atoms with Gasteiger partial charge < -0.3 is 19.6 Å². The first-order valence-corrected chi connectivity index (χ1v) is 20.5. The first kappa shape index (κ1) is 37.6. The molecule has 0 aromatic rings. The number of carboxylic acid groups (broad SMARTS) is 1. The molecule has 2 aliphatic heterocycles. The lowest BCUT2D eigenvalue weighted by Gasteiger charge is -2.68. The zero-order valence-electron chi connectivity index (χ0n) is 33.3. The number of likely N-dealkylation sites (tertiary alicyclic amines) is 1. The van der Waals surface area contributed by atoms with Crippen LogP contribution in [0.25, 0.3) is 0 Å². The lowest BCUT2D eigenvalue weighted by Crippen LogP contribution is -2.64. The van der Waals surface area contributed by atoms with Crippen molar-refractivity contribution in [1.29, 1.82) is 0 Å². The van der Waals surface area contributed by atoms with Gasteiger partial charge in [-0.1, -0.05) is 41.5 Å². The minimum atomic E-state index is -1.17. The second-order valence-corrected chi connectivity index (χ2v) is 20.4. The van der Waals surface area contributed by atoms with Gasteiger partial charge in [-0.3, -0.25) is 24.0 Å². The molecule has 9 nitrogen and oxygen atoms in total. The summed E-state index contributed by atoms with van der Waals surface area (Å²) in [4.78, 5) is 70.5. The number of allylic oxidation sites excluding steroid dienone is 1. The highest BCUT2D eigenvalue weighted by Crippen LogP contribution is 2.73. The van der Waals surface area contributed by atoms with Crippen LogP contribution >= 0.6 is 0 Å². The highest BCUT2D eigenvalue weighted by Gasteiger charge is 2.68. The second-order valence-electron chi connectivity index (χ2n) is 20.4. The van der Waals surface area contributed by atoms with Crippen molar-refractivity contribution >= 4 is 29.5 Å². The molecule has 2 amide bonds. The van der Waals surface area contributed by atoms with Crippen LogP contribution in [-0.2, 0) is 28.7 Å². The summed E-state index contributed by atoms with van der Waals surface area (Å²) >= 11 is 0. The number of carbonyl (C=O) groups excluding carboxylic acids is 4. The van der Waals surface area contributed by atoms with Crippen LogP contribution in [0.5, 0.6) is 0 Å². The van der Waals surface area contributed by atoms with E-state index in [-0.39, 0.29) is 70.3 Å². The number of carbonyl (C=O) groups is 5. The summed E-state index contributed by atoms with van der Waals surface area (Å²) in [5.74, 6) is 0.552. The molecular formula is C43H64N2O7. The monoisotopic (exact) mass is 720 g/mol. The smallest absolute Gasteiger partial charge is 0.309 e. The van der Waals surface area contributed by atoms with Gasteiger partial charge in [0.05, 0.1) is 17.3 Å². The van der Waals surface area contributed by atoms with Gasteiger partial charge >= 0.3 is 11.9 Å². The van der Waals surface area contributed by atoms with Crippen molar-refractivity contribution in [2.75, 3.05) is 13.1 Å². The zero-order chi connectivity index (χ0) is 37.9. The topological polar surface area (TPSA) is 121 Å². The normalized spacial score (nSPS) is 40.9. The maximum atomic E-state index is 15.1. The van der Waals surface area contributed by atoms with Gasteiger partial charge in [-0.25, -0.2) is 0 Å². The third-order valence-electron chi connectivity index (χ3n) is 16.5. The highest BCUT2D eigenvalue weighted by molar-refractivity contribution is 6.07. The molecule has 1 N–H and O–H groups in total. The molecule has 7 aliphatic rings. The van der Waals surface area contributed by atoms with Gasteiger partial charge in [0.2, 0.25) is 11.8 Å². The molecule has 2 saturated heterocycles. The molecule has 2 bridgehead atoms. The van der Waals surface area contributed by atoms with Gasteiger partial charge in [-0.2, -0.15) is 0 Å². The second kappa shape index (κ2) is 12.4. The Balaban J connectivity index is 1.16. The number of Topliss-reactive ketones (excluding diaryl/α,β-unsaturated/α-hetero) is 1. The summed E-state index contributed by atoms with van der Waals surface area (Å²) in [6.07, 6.45) is 9.35. The summed E-state index contributed by atoms with van der Waals surface area (Å²) in [7, 11) is 0. The van der Waals surface area contributed by atoms with E-state index in [0.717, 1.165) is 69.8 Å². The molecule has 0 aromatic heterocycles. The number of hydrogen-bond donors (Lipinski definition) is 1. The number of carboxylic acids is 1. The van der Waals surface area contributed by atoms with Crippen molar-refractivity contribution in [1.82, 2.24) is 9.80 Å². The Morgan fingerprint density at radius 3 is 2.10 bits per heavy atom. The van der Waals surface area contributed by atoms with Gasteiger partial charge in [-0.15, -0.1) is 0 Å². The molecule has 0 spiro atoms. The van der Waals surface area contributed by atoms with Crippen molar-refractivity contribution < 1.29 is 33.8 Å². The van der Waals surface area contributed by atoms with Crippen LogP contribution in [0.1, 0.15) is 139 Å². The number of hydrogen-bond acceptors (Lipinski definition) is 6. The number of ether oxygens (including phenoxy) is 1. The van der Waals surface area contributed by atoms with E-state index in [0.29, 0.717) is 37.3 Å². The number of esters is 1. The molecule has 2 heterocycles. The number of amides is 2. The van der Waals surface area contributed by atoms with E-state index in [1.807, 2.05) is 4.90 Å². The van der Waals surface area contributed by atoms with E-state index in [9.17, 15) is 24.3 Å². The number of nitrogens with zero attached hydrogens (tertiary/aromatic N) is 2. The minimum absolute atomic E-state index is 0.0339. The Labute approximate surface area is 311 Å². The van der Waals surface area contributed by atoms with Crippen LogP contribution in [0.4, 0.5) is 0 Å². The zero-order valence-corrected chi connectivity index (χ0v) is 33.3. The van der Waals surface area contributed by atoms with E-state index < -0.39 is 22.8 Å². The van der Waals surface area contributed by atoms with Crippen molar-refractivity contribution in [3.05, 3.63) is 11.1 Å². The summed E-state index contributed by atoms with van der Waals surface area (Å²) in [6, 6.07) is 0.0678. The minimum Gasteiger partial charge on any atom is -0.481 e. The predicted octanol–water partition coefficient (Wildman–Crippen LogP) is 7.21. The molecule has 4 saturated carbocycles. The highest BCUT2D eigenvalue weighted by atomic mass is 16.5. The van der Waals surface area contributed by atoms with E-state index in [2.05, 4.69) is 46.4 Å². The van der Waals surface area contributed by atoms with E-state index in [1.165, 1.54) is 5.57 Å². The van der Waals surface area contributed by atoms with E-state index in [1.54, 1.807) is 20.8 Å². The molecule has 288 valence electrons. The first-order valence-electron chi connectivity index (χ1n) is 20.5. The number of ketones is 1. The van der Waals surface area contributed by atoms with E-state index in [4.69, 9.17) is 4.74 Å². The lowest BCUT2D eigenvalue weighted by molar-refractivity contribution is -0.214. The van der Waals surface area contributed by atoms with Crippen molar-refractivity contribution in [3.8, 4) is 0 Å². The lowest BCUT2D eigenvalue weighted by atomic mass is 9.36. The number of aliphatic carboxylic acids is 1. The number of piperazine rings is 1. The van der Waals surface area contributed by atoms with Gasteiger partial charge in [0.1, 0.15) is 6.10 Å². The fourth-order valence-corrected chi connectivity index (χ4v) is 14.1. The number of fused-ring (bicyclic) bond motifs is 9. The van der Waals surface area contributed by atoms with Crippen LogP contribution in [-0.4, -0.2) is 75.7 Å². The van der Waals surface area contributed by atoms with Crippen LogP contribution in [0, 0.1) is 56.7 Å². The molecule has 0 aromatic carbocycles. The Morgan fingerprint density at radius 2 is 1.50 bits per heavy atom. The summed E-state index contributed by atoms with van der Waals surface area (Å²) in [5, 5.41) is 9.60. The summed E-state index contributed by atoms with van der Waals surface area (Å²) < 4.78 is 6.15. The first-order chi connectivity index (χ1) is 24.2. The molecule has 9 heteroatoms. The van der Waals surface area contributed by atoms with Crippen LogP contribution < -0.4 is 0 Å². The van der Waals surface area contributed by atoms with Crippen molar-refractivity contribution in [3.63, 3.8) is 0 Å². The average Bonchev–Trinajstić information content (AvgIpc) is 3.50. The number of rotatable bonds is 6. The van der Waals surface area contributed by atoms with Crippen molar-refractivity contribution in [2.24, 2.45) is 56.7 Å². The van der Waals surface area contributed by atoms with Crippen LogP contribution in [0.2, 0.25) is 0 Å². The fourth-order valence-electron chi connectivity index (χ4n) is 14.1. The molecule has 5 aliphatic carbocycles. The third kappa shape index (κ3) is 5.38. The SMILES string of the molecule is CC(=O)N1CC2CCC(C1)N2C(=O)[C@@]12CCC3C(CCC4[C@@]3(C)CCC3C(C)(C)[C@@H](OC(=O)CC(C)(C)C(=O)O)CC[C@@]34C)C1=C(C(C)C)C(=O)C2. The average molecular weight is 721 g/mol. The van der Waals surface area contributed by atoms with Crippen LogP contribution in [0.15, 0.2) is 11.1 Å². The van der Waals surface area contributed by atoms with Gasteiger partial charge in [0.15, 0.2) is 5.78 Å². The summed E-state index contributed by atoms with van der Waals surface area (Å²) in [5.41, 5.74) is 0.104. The molecule has 52 heavy (non-hydrogen) atoms. The standard InChI is InChI=1S/C43H64N2O7/c1-24(2)35-30(47)20-43(37(49)45-26-10-11-27(45)23-44(22-26)25(3)46)19-14-29-28(36(35)43)12-13-32-41(29,8)17-15-31-40(6,7)33(16-18-42(31,32)9)52-34(48)21-39(4,5)38(50)51/h24,26-29,31-33H,10-23H2,1-9H3,(H,50,51)/t26?,27?,28?,29?,31?,32?,33-,41-,42-,43+/m0/s1. The Bertz CT molecular complexity index is 1580. The quantitative estimate of drug-likeness (QED) is 0.288. The van der Waals surface area contributed by atoms with Gasteiger partial charge in [-0.05, 0) is 130 Å². The molecule has 6 fully saturated rings. The van der Waals surface area contributed by atoms with Crippen LogP contribution in [0.3, 0.4) is 0 Å². The maximum Gasteiger partial charge on any atom is 0.309 e. The third-order valence-corrected chi connectivity index (χ3v) is 16.5. The van der Waals surface area contributed by atoms with E-state index >= 15 is 4.79 Å². The van der Waals surface area contributed by atoms with Gasteiger partial charge in [0, 0.05) is 43.9 Å². The predicted molar refractivity (Wildman–Crippen MR) is 197 cm³/mol. The Kier molecular flexibility index (Phi) is 8.97. The maximum absolute atomic E-state index is 15.1. The van der Waals surface area contributed by atoms with Gasteiger partial charge in [0.25, 0.3) is 0 Å². The Morgan fingerprint density at radius 1 is 0.865 bits per heavy atom. The summed E-state index contributed by atoms with van der Waals surface area (Å²) in [6.45, 7) is 19.8. The molecule has 7 rings (SSSR count). The molecule has 10 atom stereocenters. The fraction of sp³-hybridized carbons (Fsp3) is 0.837. The van der Waals surface area contributed by atoms with Crippen molar-refractivity contribution in [2.45, 2.75) is 158 Å². The molecular weight excluding hydrogens is 656 g/mol. The molecule has 0 radical (unpaired) electrons. The molecule has 6 unspecified atom stereocenters. The Hall–Kier alpha value is -2.71.